The van der Waals surface area contributed by atoms with Crippen LogP contribution in [0.5, 0.6) is 5.75 Å². The van der Waals surface area contributed by atoms with Gasteiger partial charge in [-0.3, -0.25) is 4.79 Å². The van der Waals surface area contributed by atoms with Gasteiger partial charge in [0.25, 0.3) is 0 Å². The van der Waals surface area contributed by atoms with E-state index in [4.69, 9.17) is 5.73 Å². The number of carbonyl (C=O) groups is 1. The minimum atomic E-state index is -4.88. The Kier molecular flexibility index (Phi) is 5.13. The van der Waals surface area contributed by atoms with Crippen molar-refractivity contribution >= 4 is 40.6 Å². The number of anilines is 2. The number of pyridine rings is 1. The summed E-state index contributed by atoms with van der Waals surface area (Å²) in [6, 6.07) is 4.71. The first kappa shape index (κ1) is 18.9. The van der Waals surface area contributed by atoms with Crippen LogP contribution in [0.25, 0.3) is 0 Å². The van der Waals surface area contributed by atoms with Crippen molar-refractivity contribution in [2.24, 2.45) is 0 Å². The lowest BCUT2D eigenvalue weighted by atomic mass is 10.3. The van der Waals surface area contributed by atoms with Crippen LogP contribution in [0.3, 0.4) is 0 Å². The first-order valence-corrected chi connectivity index (χ1v) is 8.23. The van der Waals surface area contributed by atoms with Gasteiger partial charge in [0.2, 0.25) is 16.2 Å². The molecule has 1 heterocycles. The molecule has 0 fully saturated rings. The third kappa shape index (κ3) is 4.33. The molecule has 0 radical (unpaired) electrons. The molecule has 0 spiro atoms. The molecular formula is C13H10F3N3O4S2. The summed E-state index contributed by atoms with van der Waals surface area (Å²) in [6.45, 7) is 0. The molecule has 0 saturated carbocycles. The van der Waals surface area contributed by atoms with Crippen LogP contribution in [0.2, 0.25) is 0 Å². The smallest absolute Gasteiger partial charge is 0.406 e. The summed E-state index contributed by atoms with van der Waals surface area (Å²) < 4.78 is 65.7. The molecule has 2 N–H and O–H groups in total. The Morgan fingerprint density at radius 2 is 1.80 bits per heavy atom. The molecule has 134 valence electrons. The first-order chi connectivity index (χ1) is 11.5. The minimum absolute atomic E-state index is 0.0637. The molecule has 7 nitrogen and oxygen atoms in total. The van der Waals surface area contributed by atoms with Crippen LogP contribution in [0.15, 0.2) is 46.3 Å². The molecule has 0 unspecified atom stereocenters. The SMILES string of the molecule is Nc1cc(S(=O)(=O)c2ccc(OC(F)(F)F)cc2)cnc1N(S)C=O. The molecule has 1 amide bonds. The molecule has 25 heavy (non-hydrogen) atoms. The fraction of sp³-hybridized carbons (Fsp3) is 0.0769. The van der Waals surface area contributed by atoms with Gasteiger partial charge in [0.05, 0.1) is 15.5 Å². The number of amides is 1. The lowest BCUT2D eigenvalue weighted by molar-refractivity contribution is -0.274. The third-order valence-corrected chi connectivity index (χ3v) is 4.89. The van der Waals surface area contributed by atoms with Gasteiger partial charge in [0.1, 0.15) is 5.75 Å². The van der Waals surface area contributed by atoms with Gasteiger partial charge in [-0.15, -0.1) is 13.2 Å². The van der Waals surface area contributed by atoms with Crippen molar-refractivity contribution in [1.82, 2.24) is 4.98 Å². The van der Waals surface area contributed by atoms with Gasteiger partial charge in [-0.25, -0.2) is 17.7 Å². The largest absolute Gasteiger partial charge is 0.573 e. The van der Waals surface area contributed by atoms with Crippen LogP contribution in [-0.2, 0) is 14.6 Å². The molecule has 1 aromatic heterocycles. The van der Waals surface area contributed by atoms with E-state index in [1.165, 1.54) is 0 Å². The highest BCUT2D eigenvalue weighted by Gasteiger charge is 2.31. The van der Waals surface area contributed by atoms with Crippen LogP contribution in [-0.4, -0.2) is 26.2 Å². The number of hydrogen-bond donors (Lipinski definition) is 2. The number of alkyl halides is 3. The third-order valence-electron chi connectivity index (χ3n) is 2.86. The second kappa shape index (κ2) is 6.80. The number of nitrogen functional groups attached to an aromatic ring is 1. The molecule has 12 heteroatoms. The van der Waals surface area contributed by atoms with Crippen molar-refractivity contribution in [1.29, 1.82) is 0 Å². The molecule has 0 aliphatic rings. The summed E-state index contributed by atoms with van der Waals surface area (Å²) in [5.74, 6) is -0.623. The van der Waals surface area contributed by atoms with E-state index in [1.54, 1.807) is 0 Å². The molecule has 0 atom stereocenters. The lowest BCUT2D eigenvalue weighted by Crippen LogP contribution is -2.17. The Labute approximate surface area is 145 Å². The molecule has 2 aromatic rings. The highest BCUT2D eigenvalue weighted by molar-refractivity contribution is 7.91. The summed E-state index contributed by atoms with van der Waals surface area (Å²) >= 11 is 3.78. The number of ether oxygens (including phenoxy) is 1. The highest BCUT2D eigenvalue weighted by Crippen LogP contribution is 2.29. The number of benzene rings is 1. The van der Waals surface area contributed by atoms with Crippen LogP contribution in [0, 0.1) is 0 Å². The van der Waals surface area contributed by atoms with Crippen molar-refractivity contribution in [3.8, 4) is 5.75 Å². The Bertz CT molecular complexity index is 886. The van der Waals surface area contributed by atoms with E-state index < -0.39 is 21.9 Å². The van der Waals surface area contributed by atoms with Crippen molar-refractivity contribution < 1.29 is 31.1 Å². The second-order valence-electron chi connectivity index (χ2n) is 4.56. The topological polar surface area (TPSA) is 103 Å². The van der Waals surface area contributed by atoms with Gasteiger partial charge in [0, 0.05) is 6.20 Å². The second-order valence-corrected chi connectivity index (χ2v) is 6.94. The molecule has 0 aliphatic carbocycles. The highest BCUT2D eigenvalue weighted by atomic mass is 32.2. The van der Waals surface area contributed by atoms with E-state index in [-0.39, 0.29) is 21.3 Å². The summed E-state index contributed by atoms with van der Waals surface area (Å²) in [6.07, 6.45) is -3.62. The van der Waals surface area contributed by atoms with Gasteiger partial charge in [-0.05, 0) is 30.3 Å². The Morgan fingerprint density at radius 1 is 1.20 bits per heavy atom. The predicted octanol–water partition coefficient (Wildman–Crippen LogP) is 2.20. The fourth-order valence-corrected chi connectivity index (χ4v) is 3.21. The minimum Gasteiger partial charge on any atom is -0.406 e. The van der Waals surface area contributed by atoms with Crippen molar-refractivity contribution in [2.45, 2.75) is 16.2 Å². The Morgan fingerprint density at radius 3 is 2.28 bits per heavy atom. The lowest BCUT2D eigenvalue weighted by Gasteiger charge is -2.12. The fourth-order valence-electron chi connectivity index (χ4n) is 1.80. The molecular weight excluding hydrogens is 383 g/mol. The Balaban J connectivity index is 2.35. The maximum Gasteiger partial charge on any atom is 0.573 e. The van der Waals surface area contributed by atoms with Gasteiger partial charge in [0.15, 0.2) is 5.82 Å². The summed E-state index contributed by atoms with van der Waals surface area (Å²) in [7, 11) is -4.08. The van der Waals surface area contributed by atoms with E-state index >= 15 is 0 Å². The Hall–Kier alpha value is -2.47. The van der Waals surface area contributed by atoms with Gasteiger partial charge in [-0.1, -0.05) is 12.8 Å². The zero-order valence-corrected chi connectivity index (χ0v) is 13.8. The van der Waals surface area contributed by atoms with Gasteiger partial charge < -0.3 is 10.5 Å². The van der Waals surface area contributed by atoms with Crippen LogP contribution in [0.4, 0.5) is 24.7 Å². The maximum absolute atomic E-state index is 12.5. The molecule has 1 aromatic carbocycles. The molecule has 2 rings (SSSR count). The number of nitrogens with zero attached hydrogens (tertiary/aromatic N) is 2. The number of carbonyl (C=O) groups excluding carboxylic acids is 1. The number of hydrogen-bond acceptors (Lipinski definition) is 7. The number of aromatic nitrogens is 1. The molecule has 0 bridgehead atoms. The van der Waals surface area contributed by atoms with E-state index in [0.717, 1.165) is 40.8 Å². The molecule has 0 saturated heterocycles. The maximum atomic E-state index is 12.5. The number of nitrogens with two attached hydrogens (primary N) is 1. The van der Waals surface area contributed by atoms with E-state index in [0.29, 0.717) is 6.41 Å². The quantitative estimate of drug-likeness (QED) is 0.596. The average Bonchev–Trinajstić information content (AvgIpc) is 2.53. The summed E-state index contributed by atoms with van der Waals surface area (Å²) in [5, 5.41) is 0. The van der Waals surface area contributed by atoms with E-state index in [9.17, 15) is 26.4 Å². The first-order valence-electron chi connectivity index (χ1n) is 6.34. The standard InChI is InChI=1S/C13H10F3N3O4S2/c14-13(15,16)23-8-1-3-9(4-2-8)25(21,22)10-5-11(17)12(18-6-10)19(24)7-20/h1-7,24H,17H2. The number of rotatable bonds is 5. The monoisotopic (exact) mass is 393 g/mol. The number of sulfone groups is 1. The molecule has 0 aliphatic heterocycles. The predicted molar refractivity (Wildman–Crippen MR) is 84.8 cm³/mol. The van der Waals surface area contributed by atoms with Crippen molar-refractivity contribution in [3.05, 3.63) is 36.5 Å². The van der Waals surface area contributed by atoms with Gasteiger partial charge in [-0.2, -0.15) is 0 Å². The van der Waals surface area contributed by atoms with Crippen LogP contribution < -0.4 is 14.8 Å². The normalized spacial score (nSPS) is 11.8. The van der Waals surface area contributed by atoms with Crippen molar-refractivity contribution in [3.63, 3.8) is 0 Å². The zero-order valence-electron chi connectivity index (χ0n) is 12.1. The van der Waals surface area contributed by atoms with Crippen molar-refractivity contribution in [2.75, 3.05) is 10.0 Å². The average molecular weight is 393 g/mol. The van der Waals surface area contributed by atoms with E-state index in [2.05, 4.69) is 22.5 Å². The summed E-state index contributed by atoms with van der Waals surface area (Å²) in [5.41, 5.74) is 5.52. The number of thiol groups is 1. The van der Waals surface area contributed by atoms with E-state index in [1.807, 2.05) is 0 Å². The van der Waals surface area contributed by atoms with Crippen LogP contribution in [0.1, 0.15) is 0 Å². The van der Waals surface area contributed by atoms with Gasteiger partial charge >= 0.3 is 6.36 Å². The number of halogens is 3. The summed E-state index contributed by atoms with van der Waals surface area (Å²) in [4.78, 5) is 13.8. The van der Waals surface area contributed by atoms with Crippen LogP contribution >= 0.6 is 12.8 Å². The zero-order chi connectivity index (χ0) is 18.8.